The van der Waals surface area contributed by atoms with E-state index in [4.69, 9.17) is 10.5 Å². The lowest BCUT2D eigenvalue weighted by atomic mass is 9.95. The lowest BCUT2D eigenvalue weighted by Gasteiger charge is -2.32. The molecule has 24 heavy (non-hydrogen) atoms. The largest absolute Gasteiger partial charge is 0.383 e. The maximum Gasteiger partial charge on any atom is 0.241 e. The minimum atomic E-state index is -0.615. The zero-order valence-corrected chi connectivity index (χ0v) is 15.5. The first kappa shape index (κ1) is 20.9. The molecule has 1 aliphatic rings. The summed E-state index contributed by atoms with van der Waals surface area (Å²) in [6, 6.07) is 3.48. The highest BCUT2D eigenvalue weighted by Gasteiger charge is 2.29. The number of nitrogens with two attached hydrogens (primary N) is 1. The van der Waals surface area contributed by atoms with Crippen LogP contribution in [0, 0.1) is 5.92 Å². The van der Waals surface area contributed by atoms with Gasteiger partial charge in [0.1, 0.15) is 6.04 Å². The molecule has 136 valence electrons. The van der Waals surface area contributed by atoms with Gasteiger partial charge >= 0.3 is 0 Å². The fourth-order valence-corrected chi connectivity index (χ4v) is 3.46. The third-order valence-electron chi connectivity index (χ3n) is 4.09. The highest BCUT2D eigenvalue weighted by Crippen LogP contribution is 2.18. The monoisotopic (exact) mass is 375 g/mol. The lowest BCUT2D eigenvalue weighted by molar-refractivity contribution is -0.137. The van der Waals surface area contributed by atoms with Gasteiger partial charge in [0.25, 0.3) is 0 Å². The van der Waals surface area contributed by atoms with Crippen molar-refractivity contribution in [2.75, 3.05) is 33.4 Å². The topological polar surface area (TPSA) is 84.7 Å². The van der Waals surface area contributed by atoms with E-state index in [-0.39, 0.29) is 36.7 Å². The number of thiophene rings is 1. The number of halogens is 1. The van der Waals surface area contributed by atoms with Crippen molar-refractivity contribution in [3.8, 4) is 0 Å². The molecular weight excluding hydrogens is 350 g/mol. The number of piperidine rings is 1. The van der Waals surface area contributed by atoms with E-state index in [2.05, 4.69) is 11.4 Å². The van der Waals surface area contributed by atoms with Gasteiger partial charge in [-0.05, 0) is 30.7 Å². The van der Waals surface area contributed by atoms with E-state index in [9.17, 15) is 9.59 Å². The molecule has 1 unspecified atom stereocenters. The third-order valence-corrected chi connectivity index (χ3v) is 5.03. The van der Waals surface area contributed by atoms with Crippen molar-refractivity contribution < 1.29 is 14.3 Å². The van der Waals surface area contributed by atoms with Crippen molar-refractivity contribution in [3.63, 3.8) is 0 Å². The van der Waals surface area contributed by atoms with E-state index in [1.165, 1.54) is 12.0 Å². The lowest BCUT2D eigenvalue weighted by Crippen LogP contribution is -2.50. The summed E-state index contributed by atoms with van der Waals surface area (Å²) in [6.45, 7) is 2.05. The number of likely N-dealkylation sites (tertiary alicyclic amines) is 1. The molecule has 2 amide bonds. The van der Waals surface area contributed by atoms with Gasteiger partial charge in [-0.25, -0.2) is 0 Å². The minimum Gasteiger partial charge on any atom is -0.383 e. The smallest absolute Gasteiger partial charge is 0.241 e. The number of rotatable bonds is 7. The summed E-state index contributed by atoms with van der Waals surface area (Å²) >= 11 is 1.70. The van der Waals surface area contributed by atoms with Crippen LogP contribution in [-0.4, -0.2) is 56.1 Å². The third kappa shape index (κ3) is 6.05. The van der Waals surface area contributed by atoms with Crippen LogP contribution in [0.4, 0.5) is 0 Å². The van der Waals surface area contributed by atoms with Crippen molar-refractivity contribution in [2.45, 2.75) is 25.3 Å². The Morgan fingerprint density at radius 1 is 1.46 bits per heavy atom. The molecule has 0 aliphatic carbocycles. The molecule has 0 bridgehead atoms. The summed E-state index contributed by atoms with van der Waals surface area (Å²) < 4.78 is 4.91. The Hall–Kier alpha value is -1.15. The number of methoxy groups -OCH3 is 1. The molecule has 1 aliphatic heterocycles. The van der Waals surface area contributed by atoms with Crippen LogP contribution in [0.15, 0.2) is 17.5 Å². The molecule has 0 aromatic carbocycles. The molecule has 2 rings (SSSR count). The van der Waals surface area contributed by atoms with E-state index in [1.807, 2.05) is 11.4 Å². The second-order valence-corrected chi connectivity index (χ2v) is 6.81. The number of nitrogens with zero attached hydrogens (tertiary/aromatic N) is 1. The van der Waals surface area contributed by atoms with Crippen LogP contribution in [0.1, 0.15) is 17.7 Å². The molecule has 8 heteroatoms. The second kappa shape index (κ2) is 10.7. The SMILES string of the molecule is COCC(N)C(=O)N1CCC(C(=O)NCCc2cccs2)CC1.Cl. The van der Waals surface area contributed by atoms with Gasteiger partial charge in [0.05, 0.1) is 6.61 Å². The van der Waals surface area contributed by atoms with Crippen molar-refractivity contribution in [3.05, 3.63) is 22.4 Å². The van der Waals surface area contributed by atoms with Crippen LogP contribution in [0.3, 0.4) is 0 Å². The molecule has 1 aromatic heterocycles. The quantitative estimate of drug-likeness (QED) is 0.745. The normalized spacial score (nSPS) is 16.3. The van der Waals surface area contributed by atoms with Gasteiger partial charge in [-0.3, -0.25) is 9.59 Å². The fourth-order valence-electron chi connectivity index (χ4n) is 2.76. The average Bonchev–Trinajstić information content (AvgIpc) is 3.08. The molecule has 0 spiro atoms. The first-order valence-electron chi connectivity index (χ1n) is 7.95. The number of hydrogen-bond acceptors (Lipinski definition) is 5. The first-order chi connectivity index (χ1) is 11.1. The molecule has 1 atom stereocenters. The Bertz CT molecular complexity index is 505. The molecule has 0 radical (unpaired) electrons. The zero-order valence-electron chi connectivity index (χ0n) is 13.9. The van der Waals surface area contributed by atoms with Crippen LogP contribution >= 0.6 is 23.7 Å². The summed E-state index contributed by atoms with van der Waals surface area (Å²) in [7, 11) is 1.53. The minimum absolute atomic E-state index is 0. The van der Waals surface area contributed by atoms with E-state index in [1.54, 1.807) is 16.2 Å². The summed E-state index contributed by atoms with van der Waals surface area (Å²) in [5.74, 6) is -0.0146. The number of hydrogen-bond donors (Lipinski definition) is 2. The van der Waals surface area contributed by atoms with E-state index >= 15 is 0 Å². The van der Waals surface area contributed by atoms with Crippen molar-refractivity contribution in [1.29, 1.82) is 0 Å². The molecule has 2 heterocycles. The Labute approximate surface area is 153 Å². The summed E-state index contributed by atoms with van der Waals surface area (Å²) in [4.78, 5) is 27.3. The predicted molar refractivity (Wildman–Crippen MR) is 97.4 cm³/mol. The van der Waals surface area contributed by atoms with Gasteiger partial charge in [-0.1, -0.05) is 6.07 Å². The number of carbonyl (C=O) groups is 2. The fraction of sp³-hybridized carbons (Fsp3) is 0.625. The number of ether oxygens (including phenoxy) is 1. The van der Waals surface area contributed by atoms with Crippen LogP contribution in [0.2, 0.25) is 0 Å². The van der Waals surface area contributed by atoms with Gasteiger partial charge in [0.15, 0.2) is 0 Å². The maximum atomic E-state index is 12.2. The maximum absolute atomic E-state index is 12.2. The molecule has 3 N–H and O–H groups in total. The Morgan fingerprint density at radius 2 is 2.17 bits per heavy atom. The Morgan fingerprint density at radius 3 is 2.75 bits per heavy atom. The number of amides is 2. The van der Waals surface area contributed by atoms with Crippen LogP contribution in [0.25, 0.3) is 0 Å². The van der Waals surface area contributed by atoms with E-state index in [0.29, 0.717) is 32.5 Å². The summed E-state index contributed by atoms with van der Waals surface area (Å²) in [5.41, 5.74) is 5.77. The molecule has 6 nitrogen and oxygen atoms in total. The van der Waals surface area contributed by atoms with Crippen LogP contribution in [0.5, 0.6) is 0 Å². The van der Waals surface area contributed by atoms with Crippen LogP contribution < -0.4 is 11.1 Å². The van der Waals surface area contributed by atoms with Gasteiger partial charge in [0.2, 0.25) is 11.8 Å². The molecule has 1 saturated heterocycles. The highest BCUT2D eigenvalue weighted by molar-refractivity contribution is 7.09. The second-order valence-electron chi connectivity index (χ2n) is 5.78. The van der Waals surface area contributed by atoms with Crippen molar-refractivity contribution in [1.82, 2.24) is 10.2 Å². The first-order valence-corrected chi connectivity index (χ1v) is 8.83. The predicted octanol–water partition coefficient (Wildman–Crippen LogP) is 1.04. The summed E-state index contributed by atoms with van der Waals surface area (Å²) in [5, 5.41) is 5.04. The highest BCUT2D eigenvalue weighted by atomic mass is 35.5. The van der Waals surface area contributed by atoms with Crippen LogP contribution in [-0.2, 0) is 20.7 Å². The van der Waals surface area contributed by atoms with Gasteiger partial charge in [-0.15, -0.1) is 23.7 Å². The Balaban J connectivity index is 0.00000288. The Kier molecular flexibility index (Phi) is 9.28. The summed E-state index contributed by atoms with van der Waals surface area (Å²) in [6.07, 6.45) is 2.25. The van der Waals surface area contributed by atoms with E-state index < -0.39 is 6.04 Å². The van der Waals surface area contributed by atoms with Gasteiger partial charge in [-0.2, -0.15) is 0 Å². The van der Waals surface area contributed by atoms with Crippen molar-refractivity contribution >= 4 is 35.6 Å². The zero-order chi connectivity index (χ0) is 16.7. The molecule has 0 saturated carbocycles. The number of carbonyl (C=O) groups excluding carboxylic acids is 2. The average molecular weight is 376 g/mol. The van der Waals surface area contributed by atoms with Gasteiger partial charge in [0, 0.05) is 37.5 Å². The number of nitrogens with one attached hydrogen (secondary N) is 1. The molecule has 1 aromatic rings. The standard InChI is InChI=1S/C16H25N3O3S.ClH/c1-22-11-14(17)16(21)19-8-5-12(6-9-19)15(20)18-7-4-13-3-2-10-23-13;/h2-3,10,12,14H,4-9,11,17H2,1H3,(H,18,20);1H. The van der Waals surface area contributed by atoms with E-state index in [0.717, 1.165) is 6.42 Å². The molecular formula is C16H26ClN3O3S. The molecule has 1 fully saturated rings. The van der Waals surface area contributed by atoms with Gasteiger partial charge < -0.3 is 20.7 Å². The van der Waals surface area contributed by atoms with Crippen molar-refractivity contribution in [2.24, 2.45) is 11.7 Å².